The molecule has 1 fully saturated rings. The lowest BCUT2D eigenvalue weighted by Gasteiger charge is -2.27. The van der Waals surface area contributed by atoms with E-state index in [0.29, 0.717) is 37.3 Å². The molecule has 11 nitrogen and oxygen atoms in total. The summed E-state index contributed by atoms with van der Waals surface area (Å²) in [6.07, 6.45) is 1.48. The number of fused-ring (bicyclic) bond motifs is 3. The zero-order valence-corrected chi connectivity index (χ0v) is 19.4. The first kappa shape index (κ1) is 22.5. The standard InChI is InChI=1S/C22H22ClN7O4/c1-22(2,32)21-26-19(27-34-21)16-18-20(31)29(6-5-28-7-9-33-10-8-28)17-13(11-24)14(23)3-4-15(17)30(18)12-25-16/h3-4,12,32H,5-10H2,1-2H3. The van der Waals surface area contributed by atoms with Crippen molar-refractivity contribution in [1.82, 2.24) is 29.0 Å². The molecule has 1 N–H and O–H groups in total. The number of hydrogen-bond acceptors (Lipinski definition) is 9. The Morgan fingerprint density at radius 1 is 1.24 bits per heavy atom. The van der Waals surface area contributed by atoms with Gasteiger partial charge in [-0.2, -0.15) is 10.2 Å². The van der Waals surface area contributed by atoms with Crippen molar-refractivity contribution in [2.45, 2.75) is 26.0 Å². The predicted octanol–water partition coefficient (Wildman–Crippen LogP) is 1.78. The highest BCUT2D eigenvalue weighted by Crippen LogP contribution is 2.29. The van der Waals surface area contributed by atoms with Crippen LogP contribution in [0.1, 0.15) is 25.3 Å². The van der Waals surface area contributed by atoms with Gasteiger partial charge < -0.3 is 18.9 Å². The Labute approximate surface area is 198 Å². The Morgan fingerprint density at radius 2 is 2.00 bits per heavy atom. The largest absolute Gasteiger partial charge is 0.381 e. The first-order chi connectivity index (χ1) is 16.3. The summed E-state index contributed by atoms with van der Waals surface area (Å²) in [5.74, 6) is 0.0981. The van der Waals surface area contributed by atoms with Crippen LogP contribution in [-0.4, -0.2) is 66.9 Å². The molecule has 1 aliphatic rings. The molecule has 4 aromatic rings. The second-order valence-corrected chi connectivity index (χ2v) is 9.01. The lowest BCUT2D eigenvalue weighted by atomic mass is 10.1. The quantitative estimate of drug-likeness (QED) is 0.450. The molecule has 4 heterocycles. The molecule has 0 radical (unpaired) electrons. The minimum atomic E-state index is -1.34. The molecule has 1 aliphatic heterocycles. The van der Waals surface area contributed by atoms with Gasteiger partial charge in [-0.15, -0.1) is 0 Å². The summed E-state index contributed by atoms with van der Waals surface area (Å²) in [5.41, 5.74) is 0.0199. The van der Waals surface area contributed by atoms with E-state index in [2.05, 4.69) is 26.1 Å². The summed E-state index contributed by atoms with van der Waals surface area (Å²) in [4.78, 5) is 24.7. The molecule has 5 rings (SSSR count). The van der Waals surface area contributed by atoms with Crippen LogP contribution in [0.4, 0.5) is 0 Å². The van der Waals surface area contributed by atoms with Crippen LogP contribution in [0, 0.1) is 11.3 Å². The van der Waals surface area contributed by atoms with Crippen molar-refractivity contribution in [2.75, 3.05) is 32.8 Å². The second kappa shape index (κ2) is 8.48. The van der Waals surface area contributed by atoms with Gasteiger partial charge in [-0.25, -0.2) is 4.98 Å². The highest BCUT2D eigenvalue weighted by molar-refractivity contribution is 6.32. The Hall–Kier alpha value is -3.30. The molecule has 176 valence electrons. The van der Waals surface area contributed by atoms with Crippen molar-refractivity contribution in [2.24, 2.45) is 0 Å². The maximum absolute atomic E-state index is 13.8. The number of hydrogen-bond donors (Lipinski definition) is 1. The fraction of sp³-hybridized carbons (Fsp3) is 0.409. The molecule has 1 aromatic carbocycles. The van der Waals surface area contributed by atoms with Crippen molar-refractivity contribution >= 4 is 28.2 Å². The Balaban J connectivity index is 1.73. The monoisotopic (exact) mass is 483 g/mol. The molecule has 12 heteroatoms. The summed E-state index contributed by atoms with van der Waals surface area (Å²) in [7, 11) is 0. The van der Waals surface area contributed by atoms with Crippen LogP contribution in [0.15, 0.2) is 27.8 Å². The molecule has 0 unspecified atom stereocenters. The van der Waals surface area contributed by atoms with E-state index in [1.54, 1.807) is 21.1 Å². The van der Waals surface area contributed by atoms with Crippen LogP contribution in [-0.2, 0) is 16.9 Å². The van der Waals surface area contributed by atoms with Crippen molar-refractivity contribution in [3.63, 3.8) is 0 Å². The number of halogens is 1. The van der Waals surface area contributed by atoms with Gasteiger partial charge in [0.05, 0.1) is 34.8 Å². The topological polar surface area (TPSA) is 135 Å². The Morgan fingerprint density at radius 3 is 2.68 bits per heavy atom. The molecule has 34 heavy (non-hydrogen) atoms. The number of aliphatic hydroxyl groups is 1. The van der Waals surface area contributed by atoms with E-state index >= 15 is 0 Å². The van der Waals surface area contributed by atoms with Crippen molar-refractivity contribution in [3.05, 3.63) is 45.3 Å². The smallest absolute Gasteiger partial charge is 0.277 e. The zero-order valence-electron chi connectivity index (χ0n) is 18.7. The normalized spacial score (nSPS) is 15.3. The van der Waals surface area contributed by atoms with Crippen molar-refractivity contribution in [3.8, 4) is 17.6 Å². The number of rotatable bonds is 5. The van der Waals surface area contributed by atoms with E-state index in [4.69, 9.17) is 20.9 Å². The van der Waals surface area contributed by atoms with Crippen LogP contribution in [0.5, 0.6) is 0 Å². The Kier molecular flexibility index (Phi) is 5.61. The second-order valence-electron chi connectivity index (χ2n) is 8.61. The molecule has 0 spiro atoms. The summed E-state index contributed by atoms with van der Waals surface area (Å²) >= 11 is 6.33. The van der Waals surface area contributed by atoms with Crippen LogP contribution in [0.3, 0.4) is 0 Å². The van der Waals surface area contributed by atoms with Gasteiger partial charge in [0.1, 0.15) is 29.2 Å². The van der Waals surface area contributed by atoms with Gasteiger partial charge >= 0.3 is 0 Å². The molecule has 3 aromatic heterocycles. The number of morpholine rings is 1. The van der Waals surface area contributed by atoms with Crippen LogP contribution in [0.2, 0.25) is 5.02 Å². The maximum atomic E-state index is 13.8. The number of ether oxygens (including phenoxy) is 1. The first-order valence-corrected chi connectivity index (χ1v) is 11.2. The number of imidazole rings is 1. The fourth-order valence-electron chi connectivity index (χ4n) is 4.11. The number of nitriles is 1. The van der Waals surface area contributed by atoms with Gasteiger partial charge in [0.2, 0.25) is 5.82 Å². The third-order valence-electron chi connectivity index (χ3n) is 5.87. The van der Waals surface area contributed by atoms with E-state index in [1.165, 1.54) is 20.2 Å². The van der Waals surface area contributed by atoms with E-state index in [1.807, 2.05) is 0 Å². The van der Waals surface area contributed by atoms with Crippen molar-refractivity contribution in [1.29, 1.82) is 5.26 Å². The van der Waals surface area contributed by atoms with Crippen LogP contribution < -0.4 is 5.56 Å². The average molecular weight is 484 g/mol. The van der Waals surface area contributed by atoms with Crippen LogP contribution in [0.25, 0.3) is 28.1 Å². The highest BCUT2D eigenvalue weighted by atomic mass is 35.5. The minimum absolute atomic E-state index is 0.00984. The highest BCUT2D eigenvalue weighted by Gasteiger charge is 2.27. The lowest BCUT2D eigenvalue weighted by Crippen LogP contribution is -2.39. The SMILES string of the molecule is CC(C)(O)c1nc(-c2ncn3c2c(=O)n(CCN2CCOCC2)c2c(C#N)c(Cl)ccc23)no1. The molecule has 0 saturated carbocycles. The van der Waals surface area contributed by atoms with Gasteiger partial charge in [-0.1, -0.05) is 16.8 Å². The minimum Gasteiger partial charge on any atom is -0.381 e. The van der Waals surface area contributed by atoms with Crippen molar-refractivity contribution < 1.29 is 14.4 Å². The zero-order chi connectivity index (χ0) is 24.0. The molecule has 0 amide bonds. The number of nitrogens with zero attached hydrogens (tertiary/aromatic N) is 7. The van der Waals surface area contributed by atoms with Crippen LogP contribution >= 0.6 is 11.6 Å². The first-order valence-electron chi connectivity index (χ1n) is 10.8. The summed E-state index contributed by atoms with van der Waals surface area (Å²) in [6.45, 7) is 6.79. The average Bonchev–Trinajstić information content (AvgIpc) is 3.47. The number of aromatic nitrogens is 5. The maximum Gasteiger partial charge on any atom is 0.277 e. The van der Waals surface area contributed by atoms with E-state index in [9.17, 15) is 15.2 Å². The summed E-state index contributed by atoms with van der Waals surface area (Å²) in [6, 6.07) is 5.51. The van der Waals surface area contributed by atoms with Gasteiger partial charge in [0.15, 0.2) is 0 Å². The van der Waals surface area contributed by atoms with Gasteiger partial charge in [0.25, 0.3) is 11.4 Å². The predicted molar refractivity (Wildman–Crippen MR) is 122 cm³/mol. The van der Waals surface area contributed by atoms with Gasteiger partial charge in [-0.05, 0) is 26.0 Å². The lowest BCUT2D eigenvalue weighted by molar-refractivity contribution is 0.0364. The van der Waals surface area contributed by atoms with Gasteiger partial charge in [0, 0.05) is 26.2 Å². The van der Waals surface area contributed by atoms with E-state index < -0.39 is 5.60 Å². The van der Waals surface area contributed by atoms with E-state index in [0.717, 1.165) is 13.1 Å². The molecule has 0 bridgehead atoms. The molecular weight excluding hydrogens is 462 g/mol. The molecule has 1 saturated heterocycles. The third kappa shape index (κ3) is 3.74. The van der Waals surface area contributed by atoms with E-state index in [-0.39, 0.29) is 39.1 Å². The molecule has 0 aliphatic carbocycles. The molecule has 0 atom stereocenters. The van der Waals surface area contributed by atoms with Gasteiger partial charge in [-0.3, -0.25) is 14.1 Å². The summed E-state index contributed by atoms with van der Waals surface area (Å²) in [5, 5.41) is 24.2. The number of benzene rings is 1. The third-order valence-corrected chi connectivity index (χ3v) is 6.18. The summed E-state index contributed by atoms with van der Waals surface area (Å²) < 4.78 is 13.8. The Bertz CT molecular complexity index is 1490. The fourth-order valence-corrected chi connectivity index (χ4v) is 4.30. The molecular formula is C22H22ClN7O4.